The minimum absolute atomic E-state index is 0.0122. The average Bonchev–Trinajstić information content (AvgIpc) is 3.21. The minimum Gasteiger partial charge on any atom is -0.477 e. The summed E-state index contributed by atoms with van der Waals surface area (Å²) in [7, 11) is -1.70. The number of carbonyl (C=O) groups is 1. The first-order valence-electron chi connectivity index (χ1n) is 8.18. The molecule has 24 heavy (non-hydrogen) atoms. The third-order valence-corrected chi connectivity index (χ3v) is 10.1. The normalized spacial score (nSPS) is 20.8. The van der Waals surface area contributed by atoms with Crippen LogP contribution in [0, 0.1) is 11.8 Å². The first kappa shape index (κ1) is 19.4. The van der Waals surface area contributed by atoms with Gasteiger partial charge in [0.1, 0.15) is 0 Å². The Bertz CT molecular complexity index is 615. The van der Waals surface area contributed by atoms with Gasteiger partial charge >= 0.3 is 5.97 Å². The van der Waals surface area contributed by atoms with Crippen LogP contribution in [0.25, 0.3) is 0 Å². The number of pyridine rings is 1. The second-order valence-corrected chi connectivity index (χ2v) is 13.6. The molecule has 1 saturated carbocycles. The molecule has 7 heteroatoms. The van der Waals surface area contributed by atoms with Gasteiger partial charge in [0, 0.05) is 6.61 Å². The molecule has 0 amide bonds. The first-order valence-corrected chi connectivity index (χ1v) is 11.9. The van der Waals surface area contributed by atoms with Gasteiger partial charge in [0.05, 0.1) is 11.1 Å². The van der Waals surface area contributed by atoms with Gasteiger partial charge in [-0.1, -0.05) is 20.8 Å². The molecule has 0 aromatic carbocycles. The van der Waals surface area contributed by atoms with Crippen molar-refractivity contribution in [2.45, 2.75) is 45.3 Å². The van der Waals surface area contributed by atoms with E-state index >= 15 is 0 Å². The van der Waals surface area contributed by atoms with Gasteiger partial charge in [0.2, 0.25) is 5.88 Å². The van der Waals surface area contributed by atoms with Crippen LogP contribution >= 0.6 is 15.9 Å². The lowest BCUT2D eigenvalue weighted by atomic mass is 10.2. The molecule has 1 aromatic rings. The summed E-state index contributed by atoms with van der Waals surface area (Å²) in [5.41, 5.74) is -0.0122. The first-order chi connectivity index (χ1) is 11.0. The highest BCUT2D eigenvalue weighted by atomic mass is 79.9. The fourth-order valence-corrected chi connectivity index (χ4v) is 3.48. The van der Waals surface area contributed by atoms with Crippen molar-refractivity contribution in [2.75, 3.05) is 13.2 Å². The Morgan fingerprint density at radius 2 is 1.96 bits per heavy atom. The van der Waals surface area contributed by atoms with E-state index in [-0.39, 0.29) is 10.7 Å². The van der Waals surface area contributed by atoms with E-state index in [1.165, 1.54) is 6.07 Å². The van der Waals surface area contributed by atoms with Gasteiger partial charge in [-0.2, -0.15) is 0 Å². The van der Waals surface area contributed by atoms with Crippen molar-refractivity contribution in [2.24, 2.45) is 11.8 Å². The van der Waals surface area contributed by atoms with Gasteiger partial charge < -0.3 is 14.3 Å². The fraction of sp³-hybridized carbons (Fsp3) is 0.647. The molecule has 0 saturated heterocycles. The predicted molar refractivity (Wildman–Crippen MR) is 99.1 cm³/mol. The van der Waals surface area contributed by atoms with Crippen LogP contribution in [0.4, 0.5) is 0 Å². The van der Waals surface area contributed by atoms with Crippen LogP contribution in [0.3, 0.4) is 0 Å². The van der Waals surface area contributed by atoms with Gasteiger partial charge in [0.15, 0.2) is 14.0 Å². The monoisotopic (exact) mass is 415 g/mol. The Balaban J connectivity index is 1.82. The van der Waals surface area contributed by atoms with Crippen molar-refractivity contribution in [3.63, 3.8) is 0 Å². The van der Waals surface area contributed by atoms with Crippen LogP contribution in [0.2, 0.25) is 18.1 Å². The summed E-state index contributed by atoms with van der Waals surface area (Å²) in [6.45, 7) is 12.6. The topological polar surface area (TPSA) is 68.7 Å². The number of hydrogen-bond acceptors (Lipinski definition) is 4. The number of aromatic carboxylic acids is 1. The molecular formula is C17H26BrNO4Si. The fourth-order valence-electron chi connectivity index (χ4n) is 2.08. The zero-order valence-electron chi connectivity index (χ0n) is 14.9. The maximum atomic E-state index is 11.0. The molecule has 5 nitrogen and oxygen atoms in total. The summed E-state index contributed by atoms with van der Waals surface area (Å²) in [6.07, 6.45) is 1.09. The van der Waals surface area contributed by atoms with E-state index in [4.69, 9.17) is 14.3 Å². The van der Waals surface area contributed by atoms with Crippen LogP contribution in [0.1, 0.15) is 37.7 Å². The predicted octanol–water partition coefficient (Wildman–Crippen LogP) is 4.58. The van der Waals surface area contributed by atoms with Crippen LogP contribution in [-0.2, 0) is 4.43 Å². The average molecular weight is 416 g/mol. The summed E-state index contributed by atoms with van der Waals surface area (Å²) >= 11 is 3.34. The lowest BCUT2D eigenvalue weighted by Gasteiger charge is -2.36. The van der Waals surface area contributed by atoms with E-state index in [1.54, 1.807) is 6.07 Å². The summed E-state index contributed by atoms with van der Waals surface area (Å²) in [5, 5.41) is 9.22. The van der Waals surface area contributed by atoms with Gasteiger partial charge in [-0.15, -0.1) is 0 Å². The molecule has 1 heterocycles. The smallest absolute Gasteiger partial charge is 0.354 e. The minimum atomic E-state index is -1.70. The summed E-state index contributed by atoms with van der Waals surface area (Å²) in [5.74, 6) is 0.266. The Morgan fingerprint density at radius 3 is 2.54 bits per heavy atom. The van der Waals surface area contributed by atoms with E-state index in [0.29, 0.717) is 28.8 Å². The Kier molecular flexibility index (Phi) is 5.77. The molecular weight excluding hydrogens is 390 g/mol. The zero-order valence-corrected chi connectivity index (χ0v) is 17.5. The van der Waals surface area contributed by atoms with Gasteiger partial charge in [-0.3, -0.25) is 0 Å². The second kappa shape index (κ2) is 7.13. The van der Waals surface area contributed by atoms with Crippen molar-refractivity contribution in [1.82, 2.24) is 4.98 Å². The highest BCUT2D eigenvalue weighted by molar-refractivity contribution is 9.10. The number of halogens is 1. The molecule has 0 aliphatic heterocycles. The lowest BCUT2D eigenvalue weighted by Crippen LogP contribution is -2.41. The van der Waals surface area contributed by atoms with Crippen molar-refractivity contribution in [3.8, 4) is 5.88 Å². The summed E-state index contributed by atoms with van der Waals surface area (Å²) in [4.78, 5) is 15.0. The maximum Gasteiger partial charge on any atom is 0.354 e. The highest BCUT2D eigenvalue weighted by Gasteiger charge is 2.42. The number of ether oxygens (including phenoxy) is 1. The second-order valence-electron chi connectivity index (χ2n) is 7.93. The molecule has 2 unspecified atom stereocenters. The molecule has 0 radical (unpaired) electrons. The standard InChI is InChI=1S/C17H26BrNO4Si/c1-17(2,3)24(4,5)23-10-12-8-11(12)9-22-15-13(18)6-7-14(19-15)16(20)21/h6-7,11-12H,8-10H2,1-5H3,(H,20,21). The summed E-state index contributed by atoms with van der Waals surface area (Å²) in [6, 6.07) is 3.10. The lowest BCUT2D eigenvalue weighted by molar-refractivity contribution is 0.0689. The number of hydrogen-bond donors (Lipinski definition) is 1. The number of aromatic nitrogens is 1. The number of carboxylic acid groups (broad SMARTS) is 1. The van der Waals surface area contributed by atoms with Crippen LogP contribution < -0.4 is 4.74 Å². The van der Waals surface area contributed by atoms with Crippen molar-refractivity contribution in [3.05, 3.63) is 22.3 Å². The quantitative estimate of drug-likeness (QED) is 0.659. The Morgan fingerprint density at radius 1 is 1.33 bits per heavy atom. The van der Waals surface area contributed by atoms with E-state index in [9.17, 15) is 4.79 Å². The molecule has 0 spiro atoms. The van der Waals surface area contributed by atoms with E-state index in [1.807, 2.05) is 0 Å². The van der Waals surface area contributed by atoms with Gasteiger partial charge in [0.25, 0.3) is 0 Å². The summed E-state index contributed by atoms with van der Waals surface area (Å²) < 4.78 is 12.6. The number of carboxylic acids is 1. The Hall–Kier alpha value is -0.923. The van der Waals surface area contributed by atoms with E-state index in [2.05, 4.69) is 54.8 Å². The molecule has 2 atom stereocenters. The third-order valence-electron chi connectivity index (χ3n) is 5.00. The van der Waals surface area contributed by atoms with Crippen molar-refractivity contribution >= 4 is 30.2 Å². The molecule has 1 aliphatic rings. The van der Waals surface area contributed by atoms with Crippen LogP contribution in [0.15, 0.2) is 16.6 Å². The molecule has 1 N–H and O–H groups in total. The Labute approximate surface area is 153 Å². The largest absolute Gasteiger partial charge is 0.477 e. The van der Waals surface area contributed by atoms with Crippen molar-refractivity contribution in [1.29, 1.82) is 0 Å². The number of nitrogens with zero attached hydrogens (tertiary/aromatic N) is 1. The maximum absolute atomic E-state index is 11.0. The molecule has 0 bridgehead atoms. The van der Waals surface area contributed by atoms with Gasteiger partial charge in [-0.25, -0.2) is 9.78 Å². The van der Waals surface area contributed by atoms with E-state index < -0.39 is 14.3 Å². The molecule has 2 rings (SSSR count). The third kappa shape index (κ3) is 4.80. The molecule has 134 valence electrons. The number of rotatable bonds is 7. The highest BCUT2D eigenvalue weighted by Crippen LogP contribution is 2.42. The molecule has 1 aromatic heterocycles. The van der Waals surface area contributed by atoms with Crippen molar-refractivity contribution < 1.29 is 19.1 Å². The zero-order chi connectivity index (χ0) is 18.1. The molecule has 1 fully saturated rings. The SMILES string of the molecule is CC(C)(C)[Si](C)(C)OCC1CC1COc1nc(C(=O)O)ccc1Br. The van der Waals surface area contributed by atoms with E-state index in [0.717, 1.165) is 13.0 Å². The molecule has 1 aliphatic carbocycles. The van der Waals surface area contributed by atoms with Gasteiger partial charge in [-0.05, 0) is 64.5 Å². The van der Waals surface area contributed by atoms with Crippen LogP contribution in [-0.4, -0.2) is 37.6 Å². The van der Waals surface area contributed by atoms with Crippen LogP contribution in [0.5, 0.6) is 5.88 Å².